The van der Waals surface area contributed by atoms with Crippen molar-refractivity contribution < 1.29 is 9.72 Å². The number of hydrogen-bond acceptors (Lipinski definition) is 3. The molecular weight excluding hydrogens is 371 g/mol. The van der Waals surface area contributed by atoms with Crippen molar-refractivity contribution >= 4 is 34.2 Å². The predicted molar refractivity (Wildman–Crippen MR) is 84.8 cm³/mol. The Morgan fingerprint density at radius 1 is 1.35 bits per heavy atom. The number of piperidine rings is 1. The van der Waals surface area contributed by atoms with Gasteiger partial charge in [0, 0.05) is 27.8 Å². The van der Waals surface area contributed by atoms with Crippen LogP contribution in [-0.2, 0) is 0 Å². The number of nitro groups is 1. The summed E-state index contributed by atoms with van der Waals surface area (Å²) in [5.74, 6) is -0.0993. The fourth-order valence-electron chi connectivity index (χ4n) is 2.75. The van der Waals surface area contributed by atoms with Gasteiger partial charge in [-0.3, -0.25) is 14.9 Å². The highest BCUT2D eigenvalue weighted by Crippen LogP contribution is 2.27. The van der Waals surface area contributed by atoms with E-state index in [0.29, 0.717) is 5.56 Å². The Labute approximate surface area is 131 Å². The van der Waals surface area contributed by atoms with E-state index in [2.05, 4.69) is 22.6 Å². The van der Waals surface area contributed by atoms with E-state index >= 15 is 0 Å². The summed E-state index contributed by atoms with van der Waals surface area (Å²) in [6, 6.07) is 4.81. The number of nitrogens with zero attached hydrogens (tertiary/aromatic N) is 2. The molecule has 1 amide bonds. The summed E-state index contributed by atoms with van der Waals surface area (Å²) in [5, 5.41) is 10.9. The van der Waals surface area contributed by atoms with E-state index in [-0.39, 0.29) is 23.7 Å². The molecule has 6 heteroatoms. The quantitative estimate of drug-likeness (QED) is 0.442. The van der Waals surface area contributed by atoms with Gasteiger partial charge in [-0.15, -0.1) is 0 Å². The van der Waals surface area contributed by atoms with Gasteiger partial charge in [0.05, 0.1) is 10.5 Å². The summed E-state index contributed by atoms with van der Waals surface area (Å²) in [7, 11) is 0. The molecular formula is C14H17IN2O3. The molecule has 2 atom stereocenters. The molecule has 20 heavy (non-hydrogen) atoms. The SMILES string of the molecule is CC1CCCC(C)N1C(=O)c1cc([N+](=O)[O-])ccc1I. The van der Waals surface area contributed by atoms with E-state index in [1.54, 1.807) is 6.07 Å². The van der Waals surface area contributed by atoms with Crippen molar-refractivity contribution in [2.75, 3.05) is 0 Å². The zero-order valence-electron chi connectivity index (χ0n) is 11.5. The van der Waals surface area contributed by atoms with E-state index in [1.165, 1.54) is 12.1 Å². The minimum Gasteiger partial charge on any atom is -0.333 e. The normalized spacial score (nSPS) is 22.6. The number of carbonyl (C=O) groups is 1. The second-order valence-electron chi connectivity index (χ2n) is 5.26. The molecule has 0 radical (unpaired) electrons. The Hall–Kier alpha value is -1.18. The Morgan fingerprint density at radius 3 is 2.50 bits per heavy atom. The Bertz CT molecular complexity index is 537. The lowest BCUT2D eigenvalue weighted by molar-refractivity contribution is -0.384. The van der Waals surface area contributed by atoms with E-state index < -0.39 is 4.92 Å². The highest BCUT2D eigenvalue weighted by Gasteiger charge is 2.31. The monoisotopic (exact) mass is 388 g/mol. The Morgan fingerprint density at radius 2 is 1.95 bits per heavy atom. The molecule has 0 aliphatic carbocycles. The Balaban J connectivity index is 2.37. The van der Waals surface area contributed by atoms with Gasteiger partial charge in [0.15, 0.2) is 0 Å². The van der Waals surface area contributed by atoms with Crippen LogP contribution in [0, 0.1) is 13.7 Å². The van der Waals surface area contributed by atoms with Gasteiger partial charge >= 0.3 is 0 Å². The largest absolute Gasteiger partial charge is 0.333 e. The van der Waals surface area contributed by atoms with Crippen LogP contribution in [0.5, 0.6) is 0 Å². The van der Waals surface area contributed by atoms with E-state index in [4.69, 9.17) is 0 Å². The average Bonchev–Trinajstić information content (AvgIpc) is 2.38. The third-order valence-electron chi connectivity index (χ3n) is 3.82. The number of amides is 1. The first-order valence-corrected chi connectivity index (χ1v) is 7.76. The van der Waals surface area contributed by atoms with Crippen molar-refractivity contribution in [2.24, 2.45) is 0 Å². The van der Waals surface area contributed by atoms with Crippen LogP contribution in [-0.4, -0.2) is 27.8 Å². The maximum absolute atomic E-state index is 12.7. The molecule has 5 nitrogen and oxygen atoms in total. The molecule has 0 spiro atoms. The molecule has 0 bridgehead atoms. The van der Waals surface area contributed by atoms with Crippen LogP contribution in [0.15, 0.2) is 18.2 Å². The Kier molecular flexibility index (Phi) is 4.62. The molecule has 0 aromatic heterocycles. The molecule has 1 aromatic carbocycles. The van der Waals surface area contributed by atoms with Gasteiger partial charge in [0.25, 0.3) is 11.6 Å². The highest BCUT2D eigenvalue weighted by atomic mass is 127. The zero-order chi connectivity index (χ0) is 14.9. The van der Waals surface area contributed by atoms with Gasteiger partial charge in [0.1, 0.15) is 0 Å². The topological polar surface area (TPSA) is 63.5 Å². The molecule has 1 heterocycles. The third-order valence-corrected chi connectivity index (χ3v) is 4.76. The number of nitro benzene ring substituents is 1. The van der Waals surface area contributed by atoms with Crippen molar-refractivity contribution in [3.8, 4) is 0 Å². The number of rotatable bonds is 2. The summed E-state index contributed by atoms with van der Waals surface area (Å²) in [6.07, 6.45) is 3.10. The molecule has 0 N–H and O–H groups in total. The molecule has 1 aliphatic heterocycles. The van der Waals surface area contributed by atoms with Gasteiger partial charge in [-0.2, -0.15) is 0 Å². The first-order valence-electron chi connectivity index (χ1n) is 6.68. The van der Waals surface area contributed by atoms with Crippen LogP contribution in [0.4, 0.5) is 5.69 Å². The first-order chi connectivity index (χ1) is 9.41. The molecule has 1 aromatic rings. The van der Waals surface area contributed by atoms with Crippen molar-refractivity contribution in [1.82, 2.24) is 4.90 Å². The standard InChI is InChI=1S/C14H17IN2O3/c1-9-4-3-5-10(2)16(9)14(18)12-8-11(17(19)20)6-7-13(12)15/h6-10H,3-5H2,1-2H3. The smallest absolute Gasteiger partial charge is 0.270 e. The number of halogens is 1. The van der Waals surface area contributed by atoms with Gasteiger partial charge in [0.2, 0.25) is 0 Å². The van der Waals surface area contributed by atoms with E-state index in [1.807, 2.05) is 18.7 Å². The van der Waals surface area contributed by atoms with Crippen LogP contribution < -0.4 is 0 Å². The first kappa shape index (κ1) is 15.2. The summed E-state index contributed by atoms with van der Waals surface area (Å²) < 4.78 is 0.753. The lowest BCUT2D eigenvalue weighted by atomic mass is 9.96. The van der Waals surface area contributed by atoms with Crippen molar-refractivity contribution in [3.63, 3.8) is 0 Å². The number of benzene rings is 1. The van der Waals surface area contributed by atoms with Gasteiger partial charge in [-0.1, -0.05) is 0 Å². The minimum absolute atomic E-state index is 0.0360. The number of hydrogen-bond donors (Lipinski definition) is 0. The summed E-state index contributed by atoms with van der Waals surface area (Å²) in [4.78, 5) is 25.0. The molecule has 108 valence electrons. The van der Waals surface area contributed by atoms with E-state index in [9.17, 15) is 14.9 Å². The molecule has 1 fully saturated rings. The third kappa shape index (κ3) is 2.94. The maximum atomic E-state index is 12.7. The second-order valence-corrected chi connectivity index (χ2v) is 6.42. The predicted octanol–water partition coefficient (Wildman–Crippen LogP) is 3.60. The minimum atomic E-state index is -0.462. The lowest BCUT2D eigenvalue weighted by Gasteiger charge is -2.39. The van der Waals surface area contributed by atoms with Crippen molar-refractivity contribution in [1.29, 1.82) is 0 Å². The van der Waals surface area contributed by atoms with Crippen molar-refractivity contribution in [3.05, 3.63) is 37.4 Å². The van der Waals surface area contributed by atoms with Crippen LogP contribution in [0.25, 0.3) is 0 Å². The van der Waals surface area contributed by atoms with Crippen LogP contribution >= 0.6 is 22.6 Å². The highest BCUT2D eigenvalue weighted by molar-refractivity contribution is 14.1. The van der Waals surface area contributed by atoms with Gasteiger partial charge < -0.3 is 4.90 Å². The van der Waals surface area contributed by atoms with Crippen LogP contribution in [0.1, 0.15) is 43.5 Å². The fraction of sp³-hybridized carbons (Fsp3) is 0.500. The maximum Gasteiger partial charge on any atom is 0.270 e. The molecule has 1 saturated heterocycles. The molecule has 0 saturated carbocycles. The van der Waals surface area contributed by atoms with Gasteiger partial charge in [-0.25, -0.2) is 0 Å². The second kappa shape index (κ2) is 6.07. The molecule has 2 unspecified atom stereocenters. The average molecular weight is 388 g/mol. The van der Waals surface area contributed by atoms with Crippen molar-refractivity contribution in [2.45, 2.75) is 45.2 Å². The van der Waals surface area contributed by atoms with Crippen LogP contribution in [0.2, 0.25) is 0 Å². The lowest BCUT2D eigenvalue weighted by Crippen LogP contribution is -2.47. The summed E-state index contributed by atoms with van der Waals surface area (Å²) in [5.41, 5.74) is 0.395. The van der Waals surface area contributed by atoms with E-state index in [0.717, 1.165) is 22.8 Å². The molecule has 1 aliphatic rings. The number of likely N-dealkylation sites (tertiary alicyclic amines) is 1. The summed E-state index contributed by atoms with van der Waals surface area (Å²) in [6.45, 7) is 4.08. The fourth-order valence-corrected chi connectivity index (χ4v) is 3.32. The van der Waals surface area contributed by atoms with Gasteiger partial charge in [-0.05, 0) is 61.8 Å². The van der Waals surface area contributed by atoms with Crippen LogP contribution in [0.3, 0.4) is 0 Å². The molecule has 2 rings (SSSR count). The number of non-ortho nitro benzene ring substituents is 1. The zero-order valence-corrected chi connectivity index (χ0v) is 13.7. The summed E-state index contributed by atoms with van der Waals surface area (Å²) >= 11 is 2.06. The number of carbonyl (C=O) groups excluding carboxylic acids is 1.